The Morgan fingerprint density at radius 1 is 1.53 bits per heavy atom. The molecule has 1 amide bonds. The lowest BCUT2D eigenvalue weighted by Gasteiger charge is -2.28. The molecule has 3 atom stereocenters. The van der Waals surface area contributed by atoms with Crippen molar-refractivity contribution in [2.75, 3.05) is 0 Å². The molecule has 0 aromatic rings. The van der Waals surface area contributed by atoms with E-state index < -0.39 is 0 Å². The molecule has 1 saturated carbocycles. The van der Waals surface area contributed by atoms with Gasteiger partial charge in [0.1, 0.15) is 0 Å². The molecule has 0 saturated heterocycles. The van der Waals surface area contributed by atoms with Gasteiger partial charge in [0.2, 0.25) is 5.91 Å². The summed E-state index contributed by atoms with van der Waals surface area (Å²) in [7, 11) is 0. The predicted molar refractivity (Wildman–Crippen MR) is 62.4 cm³/mol. The van der Waals surface area contributed by atoms with Crippen molar-refractivity contribution >= 4 is 5.91 Å². The van der Waals surface area contributed by atoms with Crippen LogP contribution >= 0.6 is 0 Å². The van der Waals surface area contributed by atoms with E-state index in [1.54, 1.807) is 0 Å². The molecule has 3 N–H and O–H groups in total. The average molecular weight is 212 g/mol. The fourth-order valence-corrected chi connectivity index (χ4v) is 2.32. The van der Waals surface area contributed by atoms with Crippen LogP contribution in [0.5, 0.6) is 0 Å². The first kappa shape index (κ1) is 12.5. The second-order valence-electron chi connectivity index (χ2n) is 4.87. The molecule has 0 aromatic carbocycles. The molecule has 1 aliphatic rings. The maximum absolute atomic E-state index is 11.7. The van der Waals surface area contributed by atoms with Crippen molar-refractivity contribution in [1.82, 2.24) is 5.32 Å². The van der Waals surface area contributed by atoms with Crippen LogP contribution in [0.3, 0.4) is 0 Å². The van der Waals surface area contributed by atoms with Gasteiger partial charge in [-0.3, -0.25) is 4.79 Å². The summed E-state index contributed by atoms with van der Waals surface area (Å²) >= 11 is 0. The van der Waals surface area contributed by atoms with Gasteiger partial charge in [-0.2, -0.15) is 0 Å². The maximum atomic E-state index is 11.7. The number of carbonyl (C=O) groups excluding carboxylic acids is 1. The lowest BCUT2D eigenvalue weighted by Crippen LogP contribution is -2.46. The molecule has 0 radical (unpaired) electrons. The summed E-state index contributed by atoms with van der Waals surface area (Å²) in [6.07, 6.45) is 6.52. The van der Waals surface area contributed by atoms with Crippen molar-refractivity contribution in [3.8, 4) is 0 Å². The standard InChI is InChI=1S/C12H24N2O/c1-3-5-11(13)12(15)14-10-7-4-6-9(2)8-10/h9-11H,3-8,13H2,1-2H3,(H,14,15)/t9?,10?,11-/m0/s1. The molecule has 0 spiro atoms. The minimum Gasteiger partial charge on any atom is -0.352 e. The van der Waals surface area contributed by atoms with Crippen LogP contribution in [0.2, 0.25) is 0 Å². The zero-order chi connectivity index (χ0) is 11.3. The maximum Gasteiger partial charge on any atom is 0.237 e. The summed E-state index contributed by atoms with van der Waals surface area (Å²) in [5.74, 6) is 0.780. The molecule has 3 heteroatoms. The van der Waals surface area contributed by atoms with Gasteiger partial charge in [0.25, 0.3) is 0 Å². The molecule has 15 heavy (non-hydrogen) atoms. The van der Waals surface area contributed by atoms with E-state index in [9.17, 15) is 4.79 Å². The van der Waals surface area contributed by atoms with Gasteiger partial charge in [0.15, 0.2) is 0 Å². The molecule has 1 rings (SSSR count). The molecule has 0 bridgehead atoms. The third-order valence-corrected chi connectivity index (χ3v) is 3.22. The predicted octanol–water partition coefficient (Wildman–Crippen LogP) is 1.81. The molecule has 0 aliphatic heterocycles. The first-order valence-electron chi connectivity index (χ1n) is 6.19. The van der Waals surface area contributed by atoms with E-state index >= 15 is 0 Å². The van der Waals surface area contributed by atoms with Crippen molar-refractivity contribution < 1.29 is 4.79 Å². The molecular weight excluding hydrogens is 188 g/mol. The van der Waals surface area contributed by atoms with E-state index in [0.717, 1.165) is 31.6 Å². The Hall–Kier alpha value is -0.570. The lowest BCUT2D eigenvalue weighted by molar-refractivity contribution is -0.123. The van der Waals surface area contributed by atoms with Crippen LogP contribution in [0.4, 0.5) is 0 Å². The fraction of sp³-hybridized carbons (Fsp3) is 0.917. The van der Waals surface area contributed by atoms with Gasteiger partial charge in [-0.05, 0) is 25.2 Å². The summed E-state index contributed by atoms with van der Waals surface area (Å²) in [5, 5.41) is 3.07. The topological polar surface area (TPSA) is 55.1 Å². The van der Waals surface area contributed by atoms with Gasteiger partial charge in [-0.1, -0.05) is 33.1 Å². The Morgan fingerprint density at radius 3 is 2.87 bits per heavy atom. The van der Waals surface area contributed by atoms with Gasteiger partial charge in [0.05, 0.1) is 6.04 Å². The zero-order valence-corrected chi connectivity index (χ0v) is 9.96. The Balaban J connectivity index is 2.30. The second kappa shape index (κ2) is 6.11. The molecule has 1 aliphatic carbocycles. The number of hydrogen-bond donors (Lipinski definition) is 2. The third-order valence-electron chi connectivity index (χ3n) is 3.22. The highest BCUT2D eigenvalue weighted by Crippen LogP contribution is 2.23. The zero-order valence-electron chi connectivity index (χ0n) is 9.96. The van der Waals surface area contributed by atoms with Crippen LogP contribution in [0.15, 0.2) is 0 Å². The SMILES string of the molecule is CCC[C@H](N)C(=O)NC1CCCC(C)C1. The Bertz CT molecular complexity index is 206. The second-order valence-corrected chi connectivity index (χ2v) is 4.87. The molecule has 3 nitrogen and oxygen atoms in total. The average Bonchev–Trinajstić information content (AvgIpc) is 2.18. The Morgan fingerprint density at radius 2 is 2.27 bits per heavy atom. The molecule has 0 heterocycles. The highest BCUT2D eigenvalue weighted by molar-refractivity contribution is 5.81. The van der Waals surface area contributed by atoms with E-state index in [1.165, 1.54) is 12.8 Å². The molecule has 1 fully saturated rings. The smallest absolute Gasteiger partial charge is 0.237 e. The largest absolute Gasteiger partial charge is 0.352 e. The number of nitrogens with two attached hydrogens (primary N) is 1. The van der Waals surface area contributed by atoms with E-state index in [2.05, 4.69) is 19.2 Å². The minimum atomic E-state index is -0.313. The van der Waals surface area contributed by atoms with E-state index in [4.69, 9.17) is 5.73 Å². The highest BCUT2D eigenvalue weighted by Gasteiger charge is 2.22. The van der Waals surface area contributed by atoms with Crippen molar-refractivity contribution in [3.63, 3.8) is 0 Å². The van der Waals surface area contributed by atoms with Crippen molar-refractivity contribution in [2.45, 2.75) is 64.5 Å². The third kappa shape index (κ3) is 4.20. The number of rotatable bonds is 4. The molecule has 0 aromatic heterocycles. The summed E-state index contributed by atoms with van der Waals surface area (Å²) in [6.45, 7) is 4.31. The molecular formula is C12H24N2O. The van der Waals surface area contributed by atoms with E-state index in [0.29, 0.717) is 6.04 Å². The van der Waals surface area contributed by atoms with Crippen molar-refractivity contribution in [2.24, 2.45) is 11.7 Å². The Kier molecular flexibility index (Phi) is 5.09. The number of amides is 1. The fourth-order valence-electron chi connectivity index (χ4n) is 2.32. The van der Waals surface area contributed by atoms with Crippen LogP contribution in [0, 0.1) is 5.92 Å². The quantitative estimate of drug-likeness (QED) is 0.746. The first-order valence-corrected chi connectivity index (χ1v) is 6.19. The molecule has 88 valence electrons. The summed E-state index contributed by atoms with van der Waals surface area (Å²) in [6, 6.07) is 0.0522. The summed E-state index contributed by atoms with van der Waals surface area (Å²) in [5.41, 5.74) is 5.77. The summed E-state index contributed by atoms with van der Waals surface area (Å²) < 4.78 is 0. The van der Waals surface area contributed by atoms with Crippen LogP contribution in [0.1, 0.15) is 52.4 Å². The number of nitrogens with one attached hydrogen (secondary N) is 1. The van der Waals surface area contributed by atoms with Gasteiger partial charge in [-0.15, -0.1) is 0 Å². The van der Waals surface area contributed by atoms with Crippen LogP contribution in [-0.2, 0) is 4.79 Å². The van der Waals surface area contributed by atoms with Gasteiger partial charge in [-0.25, -0.2) is 0 Å². The summed E-state index contributed by atoms with van der Waals surface area (Å²) in [4.78, 5) is 11.7. The molecule has 2 unspecified atom stereocenters. The number of carbonyl (C=O) groups is 1. The first-order chi connectivity index (χ1) is 7.13. The lowest BCUT2D eigenvalue weighted by atomic mass is 9.87. The van der Waals surface area contributed by atoms with Gasteiger partial charge in [0, 0.05) is 6.04 Å². The van der Waals surface area contributed by atoms with Crippen LogP contribution < -0.4 is 11.1 Å². The Labute approximate surface area is 92.8 Å². The monoisotopic (exact) mass is 212 g/mol. The van der Waals surface area contributed by atoms with Crippen LogP contribution in [-0.4, -0.2) is 18.0 Å². The number of hydrogen-bond acceptors (Lipinski definition) is 2. The van der Waals surface area contributed by atoms with E-state index in [-0.39, 0.29) is 11.9 Å². The van der Waals surface area contributed by atoms with E-state index in [1.807, 2.05) is 0 Å². The normalized spacial score (nSPS) is 28.5. The van der Waals surface area contributed by atoms with Gasteiger partial charge >= 0.3 is 0 Å². The van der Waals surface area contributed by atoms with Gasteiger partial charge < -0.3 is 11.1 Å². The minimum absolute atomic E-state index is 0.0379. The highest BCUT2D eigenvalue weighted by atomic mass is 16.2. The van der Waals surface area contributed by atoms with Crippen molar-refractivity contribution in [1.29, 1.82) is 0 Å². The van der Waals surface area contributed by atoms with Crippen LogP contribution in [0.25, 0.3) is 0 Å². The van der Waals surface area contributed by atoms with Crippen molar-refractivity contribution in [3.05, 3.63) is 0 Å².